The van der Waals surface area contributed by atoms with E-state index in [0.29, 0.717) is 11.8 Å². The van der Waals surface area contributed by atoms with Gasteiger partial charge in [0.15, 0.2) is 0 Å². The average molecular weight is 296 g/mol. The van der Waals surface area contributed by atoms with Crippen molar-refractivity contribution in [3.63, 3.8) is 0 Å². The Hall–Kier alpha value is -2.16. The molecule has 1 aliphatic rings. The van der Waals surface area contributed by atoms with Gasteiger partial charge in [0.1, 0.15) is 11.8 Å². The van der Waals surface area contributed by atoms with Gasteiger partial charge in [-0.25, -0.2) is 0 Å². The number of nitriles is 1. The molecule has 0 aromatic carbocycles. The average Bonchev–Trinajstić information content (AvgIpc) is 3.03. The van der Waals surface area contributed by atoms with E-state index in [9.17, 15) is 0 Å². The third kappa shape index (κ3) is 3.35. The van der Waals surface area contributed by atoms with Crippen LogP contribution in [0.2, 0.25) is 0 Å². The Labute approximate surface area is 130 Å². The number of pyridine rings is 1. The van der Waals surface area contributed by atoms with Gasteiger partial charge in [0.25, 0.3) is 0 Å². The van der Waals surface area contributed by atoms with Crippen molar-refractivity contribution >= 4 is 0 Å². The van der Waals surface area contributed by atoms with Crippen molar-refractivity contribution < 1.29 is 4.42 Å². The number of hydrogen-bond acceptors (Lipinski definition) is 5. The first kappa shape index (κ1) is 14.8. The van der Waals surface area contributed by atoms with Crippen LogP contribution in [0.4, 0.5) is 0 Å². The second-order valence-electron chi connectivity index (χ2n) is 5.62. The maximum atomic E-state index is 8.79. The predicted molar refractivity (Wildman–Crippen MR) is 82.9 cm³/mol. The van der Waals surface area contributed by atoms with E-state index in [2.05, 4.69) is 27.8 Å². The van der Waals surface area contributed by atoms with Gasteiger partial charge >= 0.3 is 0 Å². The molecule has 22 heavy (non-hydrogen) atoms. The molecule has 3 heterocycles. The molecule has 1 fully saturated rings. The highest BCUT2D eigenvalue weighted by Gasteiger charge is 2.23. The van der Waals surface area contributed by atoms with Crippen LogP contribution in [0, 0.1) is 11.3 Å². The highest BCUT2D eigenvalue weighted by molar-refractivity contribution is 5.19. The maximum Gasteiger partial charge on any atom is 0.203 e. The Balaban J connectivity index is 1.53. The smallest absolute Gasteiger partial charge is 0.203 e. The van der Waals surface area contributed by atoms with Crippen molar-refractivity contribution in [3.8, 4) is 6.07 Å². The molecule has 2 aromatic heterocycles. The van der Waals surface area contributed by atoms with Gasteiger partial charge in [0.2, 0.25) is 5.76 Å². The van der Waals surface area contributed by atoms with Crippen molar-refractivity contribution in [2.24, 2.45) is 0 Å². The summed E-state index contributed by atoms with van der Waals surface area (Å²) in [6.45, 7) is 7.02. The minimum atomic E-state index is 0.345. The van der Waals surface area contributed by atoms with Gasteiger partial charge in [-0.15, -0.1) is 0 Å². The molecule has 0 amide bonds. The minimum Gasteiger partial charge on any atom is -0.449 e. The van der Waals surface area contributed by atoms with E-state index >= 15 is 0 Å². The van der Waals surface area contributed by atoms with Gasteiger partial charge in [0.05, 0.1) is 12.2 Å². The van der Waals surface area contributed by atoms with E-state index in [-0.39, 0.29) is 0 Å². The van der Waals surface area contributed by atoms with Crippen molar-refractivity contribution in [1.29, 1.82) is 5.26 Å². The summed E-state index contributed by atoms with van der Waals surface area (Å²) in [6.07, 6.45) is 1.85. The summed E-state index contributed by atoms with van der Waals surface area (Å²) in [5.41, 5.74) is 1.13. The number of nitrogens with zero attached hydrogens (tertiary/aromatic N) is 4. The van der Waals surface area contributed by atoms with E-state index in [4.69, 9.17) is 9.68 Å². The van der Waals surface area contributed by atoms with Crippen LogP contribution in [0.15, 0.2) is 40.9 Å². The Morgan fingerprint density at radius 3 is 2.68 bits per heavy atom. The number of hydrogen-bond donors (Lipinski definition) is 0. The number of aromatic nitrogens is 1. The van der Waals surface area contributed by atoms with Crippen LogP contribution in [0.5, 0.6) is 0 Å². The van der Waals surface area contributed by atoms with Crippen LogP contribution < -0.4 is 0 Å². The first-order chi connectivity index (χ1) is 10.8. The molecule has 1 aliphatic heterocycles. The summed E-state index contributed by atoms with van der Waals surface area (Å²) < 4.78 is 5.45. The van der Waals surface area contributed by atoms with Crippen LogP contribution >= 0.6 is 0 Å². The van der Waals surface area contributed by atoms with E-state index in [0.717, 1.165) is 44.2 Å². The van der Waals surface area contributed by atoms with Crippen LogP contribution in [0.3, 0.4) is 0 Å². The fraction of sp³-hybridized carbons (Fsp3) is 0.412. The number of furan rings is 1. The summed E-state index contributed by atoms with van der Waals surface area (Å²) in [5, 5.41) is 8.79. The highest BCUT2D eigenvalue weighted by Crippen LogP contribution is 2.20. The quantitative estimate of drug-likeness (QED) is 0.867. The summed E-state index contributed by atoms with van der Waals surface area (Å²) >= 11 is 0. The lowest BCUT2D eigenvalue weighted by molar-refractivity contribution is 0.0919. The van der Waals surface area contributed by atoms with Gasteiger partial charge in [0, 0.05) is 38.4 Å². The first-order valence-electron chi connectivity index (χ1n) is 7.62. The minimum absolute atomic E-state index is 0.345. The molecule has 3 rings (SSSR count). The molecule has 0 unspecified atom stereocenters. The van der Waals surface area contributed by atoms with Crippen molar-refractivity contribution in [3.05, 3.63) is 53.7 Å². The van der Waals surface area contributed by atoms with E-state index in [1.165, 1.54) is 0 Å². The summed E-state index contributed by atoms with van der Waals surface area (Å²) in [5.74, 6) is 1.25. The van der Waals surface area contributed by atoms with Gasteiger partial charge in [-0.05, 0) is 31.2 Å². The summed E-state index contributed by atoms with van der Waals surface area (Å²) in [6, 6.07) is 12.1. The molecule has 0 saturated carbocycles. The molecule has 0 N–H and O–H groups in total. The zero-order chi connectivity index (χ0) is 15.4. The second-order valence-corrected chi connectivity index (χ2v) is 5.62. The fourth-order valence-electron chi connectivity index (χ4n) is 2.86. The zero-order valence-corrected chi connectivity index (χ0v) is 12.8. The molecule has 1 atom stereocenters. The van der Waals surface area contributed by atoms with Gasteiger partial charge in [-0.3, -0.25) is 14.8 Å². The van der Waals surface area contributed by atoms with Crippen LogP contribution in [-0.2, 0) is 6.54 Å². The Morgan fingerprint density at radius 1 is 1.23 bits per heavy atom. The van der Waals surface area contributed by atoms with Gasteiger partial charge in [-0.2, -0.15) is 5.26 Å². The van der Waals surface area contributed by atoms with Gasteiger partial charge in [-0.1, -0.05) is 6.07 Å². The maximum absolute atomic E-state index is 8.79. The predicted octanol–water partition coefficient (Wildman–Crippen LogP) is 2.43. The molecule has 0 spiro atoms. The molecular formula is C17H20N4O. The largest absolute Gasteiger partial charge is 0.449 e. The van der Waals surface area contributed by atoms with E-state index in [1.54, 1.807) is 6.07 Å². The summed E-state index contributed by atoms with van der Waals surface area (Å²) in [4.78, 5) is 9.27. The normalized spacial score (nSPS) is 18.0. The Bertz CT molecular complexity index is 638. The molecule has 2 aromatic rings. The van der Waals surface area contributed by atoms with Gasteiger partial charge < -0.3 is 4.42 Å². The Kier molecular flexibility index (Phi) is 4.52. The third-order valence-corrected chi connectivity index (χ3v) is 4.22. The highest BCUT2D eigenvalue weighted by atomic mass is 16.3. The molecule has 1 saturated heterocycles. The molecule has 0 aliphatic carbocycles. The second kappa shape index (κ2) is 6.73. The Morgan fingerprint density at radius 2 is 2.05 bits per heavy atom. The lowest BCUT2D eigenvalue weighted by Crippen LogP contribution is -2.46. The molecule has 0 bridgehead atoms. The number of piperazine rings is 1. The molecule has 5 heteroatoms. The third-order valence-electron chi connectivity index (χ3n) is 4.22. The van der Waals surface area contributed by atoms with Crippen molar-refractivity contribution in [2.45, 2.75) is 19.5 Å². The standard InChI is InChI=1S/C17H20N4O/c1-14(17-4-2-3-7-19-17)21-10-8-20(9-11-21)13-16-6-5-15(12-18)22-16/h2-7,14H,8-11,13H2,1H3/t14-/m1/s1. The van der Waals surface area contributed by atoms with Crippen LogP contribution in [-0.4, -0.2) is 41.0 Å². The first-order valence-corrected chi connectivity index (χ1v) is 7.62. The van der Waals surface area contributed by atoms with E-state index in [1.807, 2.05) is 30.5 Å². The lowest BCUT2D eigenvalue weighted by Gasteiger charge is -2.37. The van der Waals surface area contributed by atoms with Crippen molar-refractivity contribution in [1.82, 2.24) is 14.8 Å². The number of rotatable bonds is 4. The van der Waals surface area contributed by atoms with E-state index < -0.39 is 0 Å². The monoisotopic (exact) mass is 296 g/mol. The SMILES string of the molecule is C[C@H](c1ccccn1)N1CCN(Cc2ccc(C#N)o2)CC1. The zero-order valence-electron chi connectivity index (χ0n) is 12.8. The molecule has 0 radical (unpaired) electrons. The van der Waals surface area contributed by atoms with Crippen LogP contribution in [0.25, 0.3) is 0 Å². The molecule has 5 nitrogen and oxygen atoms in total. The topological polar surface area (TPSA) is 56.3 Å². The van der Waals surface area contributed by atoms with Crippen LogP contribution in [0.1, 0.15) is 30.2 Å². The summed E-state index contributed by atoms with van der Waals surface area (Å²) in [7, 11) is 0. The fourth-order valence-corrected chi connectivity index (χ4v) is 2.86. The molecule has 114 valence electrons. The molecular weight excluding hydrogens is 276 g/mol. The lowest BCUT2D eigenvalue weighted by atomic mass is 10.1. The van der Waals surface area contributed by atoms with Crippen molar-refractivity contribution in [2.75, 3.05) is 26.2 Å².